The van der Waals surface area contributed by atoms with E-state index in [2.05, 4.69) is 15.5 Å². The number of nitrogens with one attached hydrogen (secondary N) is 2. The van der Waals surface area contributed by atoms with Gasteiger partial charge in [-0.3, -0.25) is 19.5 Å². The van der Waals surface area contributed by atoms with Crippen molar-refractivity contribution in [1.29, 1.82) is 0 Å². The van der Waals surface area contributed by atoms with E-state index < -0.39 is 0 Å². The summed E-state index contributed by atoms with van der Waals surface area (Å²) in [5, 5.41) is 11.1. The molecule has 34 heavy (non-hydrogen) atoms. The lowest BCUT2D eigenvalue weighted by molar-refractivity contribution is -0.143. The quantitative estimate of drug-likeness (QED) is 0.702. The fraction of sp³-hybridized carbons (Fsp3) is 0.600. The lowest BCUT2D eigenvalue weighted by Crippen LogP contribution is -2.52. The van der Waals surface area contributed by atoms with E-state index in [0.29, 0.717) is 36.2 Å². The molecule has 0 radical (unpaired) electrons. The van der Waals surface area contributed by atoms with Gasteiger partial charge in [-0.15, -0.1) is 0 Å². The number of methoxy groups -OCH3 is 1. The number of rotatable bonds is 5. The summed E-state index contributed by atoms with van der Waals surface area (Å²) in [6, 6.07) is 5.64. The standard InChI is InChI=1S/C25H33N5O4/c1-34-19-7-8-21-20(13-19)24(28-27-21)25(33)26-18-6-5-17-14-30(11-9-16(17)12-18)23(32)15-29-10-3-2-4-22(29)31/h7-8,13,16-18H,2-6,9-12,14-15H2,1H3,(H,26,33)(H,27,28). The van der Waals surface area contributed by atoms with Crippen LogP contribution >= 0.6 is 0 Å². The number of aromatic nitrogens is 2. The molecule has 1 aliphatic carbocycles. The SMILES string of the molecule is COc1ccc2[nH]nc(C(=O)NC3CCC4CN(C(=O)CN5CCCCC5=O)CCC4C3)c2c1. The number of hydrogen-bond donors (Lipinski definition) is 2. The fourth-order valence-corrected chi connectivity index (χ4v) is 5.81. The van der Waals surface area contributed by atoms with Gasteiger partial charge < -0.3 is 19.9 Å². The molecule has 2 N–H and O–H groups in total. The van der Waals surface area contributed by atoms with E-state index in [9.17, 15) is 14.4 Å². The predicted molar refractivity (Wildman–Crippen MR) is 126 cm³/mol. The maximum atomic E-state index is 13.0. The minimum Gasteiger partial charge on any atom is -0.497 e. The second-order valence-corrected chi connectivity index (χ2v) is 9.89. The Morgan fingerprint density at radius 2 is 2.06 bits per heavy atom. The van der Waals surface area contributed by atoms with Crippen LogP contribution in [0.25, 0.3) is 10.9 Å². The Bertz CT molecular complexity index is 1080. The second-order valence-electron chi connectivity index (χ2n) is 9.89. The third-order valence-corrected chi connectivity index (χ3v) is 7.79. The predicted octanol–water partition coefficient (Wildman–Crippen LogP) is 2.33. The minimum atomic E-state index is -0.165. The zero-order valence-electron chi connectivity index (χ0n) is 19.7. The molecule has 5 rings (SSSR count). The molecular weight excluding hydrogens is 434 g/mol. The highest BCUT2D eigenvalue weighted by Gasteiger charge is 2.37. The van der Waals surface area contributed by atoms with Gasteiger partial charge in [-0.2, -0.15) is 5.10 Å². The maximum Gasteiger partial charge on any atom is 0.272 e. The van der Waals surface area contributed by atoms with Gasteiger partial charge in [0.2, 0.25) is 11.8 Å². The Hall–Kier alpha value is -3.10. The number of carbonyl (C=O) groups excluding carboxylic acids is 3. The third kappa shape index (κ3) is 4.60. The van der Waals surface area contributed by atoms with Crippen LogP contribution in [0.2, 0.25) is 0 Å². The van der Waals surface area contributed by atoms with Crippen LogP contribution in [0, 0.1) is 11.8 Å². The first kappa shape index (κ1) is 22.7. The Morgan fingerprint density at radius 1 is 1.18 bits per heavy atom. The Balaban J connectivity index is 1.15. The van der Waals surface area contributed by atoms with Crippen LogP contribution in [-0.2, 0) is 9.59 Å². The van der Waals surface area contributed by atoms with E-state index in [4.69, 9.17) is 4.74 Å². The number of H-pyrrole nitrogens is 1. The number of carbonyl (C=O) groups is 3. The van der Waals surface area contributed by atoms with Gasteiger partial charge in [0.05, 0.1) is 19.2 Å². The smallest absolute Gasteiger partial charge is 0.272 e. The number of benzene rings is 1. The number of piperidine rings is 2. The molecule has 9 nitrogen and oxygen atoms in total. The van der Waals surface area contributed by atoms with Gasteiger partial charge in [0, 0.05) is 37.5 Å². The summed E-state index contributed by atoms with van der Waals surface area (Å²) in [6.45, 7) is 2.41. The molecule has 0 spiro atoms. The number of hydrogen-bond acceptors (Lipinski definition) is 5. The molecule has 1 aromatic heterocycles. The van der Waals surface area contributed by atoms with E-state index in [0.717, 1.165) is 62.5 Å². The number of likely N-dealkylation sites (tertiary alicyclic amines) is 2. The summed E-state index contributed by atoms with van der Waals surface area (Å²) in [5.41, 5.74) is 1.20. The molecule has 2 saturated heterocycles. The lowest BCUT2D eigenvalue weighted by Gasteiger charge is -2.44. The van der Waals surface area contributed by atoms with E-state index >= 15 is 0 Å². The van der Waals surface area contributed by atoms with Crippen molar-refractivity contribution in [3.8, 4) is 5.75 Å². The second kappa shape index (κ2) is 9.64. The molecule has 0 bridgehead atoms. The van der Waals surface area contributed by atoms with Crippen LogP contribution in [0.4, 0.5) is 0 Å². The van der Waals surface area contributed by atoms with Crippen molar-refractivity contribution in [2.24, 2.45) is 11.8 Å². The van der Waals surface area contributed by atoms with E-state index in [1.54, 1.807) is 12.0 Å². The normalized spacial score (nSPS) is 25.2. The number of ether oxygens (including phenoxy) is 1. The molecule has 3 heterocycles. The molecule has 2 aromatic rings. The molecular formula is C25H33N5O4. The fourth-order valence-electron chi connectivity index (χ4n) is 5.81. The monoisotopic (exact) mass is 467 g/mol. The van der Waals surface area contributed by atoms with E-state index in [1.807, 2.05) is 23.1 Å². The minimum absolute atomic E-state index is 0.0740. The molecule has 182 valence electrons. The molecule has 3 fully saturated rings. The molecule has 3 atom stereocenters. The van der Waals surface area contributed by atoms with Gasteiger partial charge in [0.15, 0.2) is 5.69 Å². The topological polar surface area (TPSA) is 108 Å². The van der Waals surface area contributed by atoms with Crippen LogP contribution in [-0.4, -0.2) is 77.0 Å². The Kier molecular flexibility index (Phi) is 6.43. The Labute approximate surface area is 199 Å². The molecule has 3 amide bonds. The summed E-state index contributed by atoms with van der Waals surface area (Å²) in [4.78, 5) is 41.6. The summed E-state index contributed by atoms with van der Waals surface area (Å²) in [7, 11) is 1.60. The van der Waals surface area contributed by atoms with Crippen molar-refractivity contribution in [1.82, 2.24) is 25.3 Å². The van der Waals surface area contributed by atoms with Crippen LogP contribution in [0.3, 0.4) is 0 Å². The van der Waals surface area contributed by atoms with Crippen LogP contribution in [0.15, 0.2) is 18.2 Å². The molecule has 2 aliphatic heterocycles. The van der Waals surface area contributed by atoms with Gasteiger partial charge in [-0.05, 0) is 68.6 Å². The van der Waals surface area contributed by atoms with Gasteiger partial charge in [0.25, 0.3) is 5.91 Å². The number of amides is 3. The van der Waals surface area contributed by atoms with Gasteiger partial charge in [-0.1, -0.05) is 0 Å². The van der Waals surface area contributed by atoms with Gasteiger partial charge >= 0.3 is 0 Å². The van der Waals surface area contributed by atoms with E-state index in [-0.39, 0.29) is 30.3 Å². The van der Waals surface area contributed by atoms with Gasteiger partial charge in [-0.25, -0.2) is 0 Å². The number of fused-ring (bicyclic) bond motifs is 2. The lowest BCUT2D eigenvalue weighted by atomic mass is 9.73. The zero-order chi connectivity index (χ0) is 23.7. The highest BCUT2D eigenvalue weighted by atomic mass is 16.5. The van der Waals surface area contributed by atoms with Crippen LogP contribution < -0.4 is 10.1 Å². The third-order valence-electron chi connectivity index (χ3n) is 7.79. The largest absolute Gasteiger partial charge is 0.497 e. The first-order chi connectivity index (χ1) is 16.5. The van der Waals surface area contributed by atoms with Crippen molar-refractivity contribution in [3.63, 3.8) is 0 Å². The zero-order valence-corrected chi connectivity index (χ0v) is 19.7. The van der Waals surface area contributed by atoms with Gasteiger partial charge in [0.1, 0.15) is 5.75 Å². The highest BCUT2D eigenvalue weighted by molar-refractivity contribution is 6.05. The first-order valence-electron chi connectivity index (χ1n) is 12.4. The van der Waals surface area contributed by atoms with Crippen molar-refractivity contribution in [2.45, 2.75) is 51.0 Å². The highest BCUT2D eigenvalue weighted by Crippen LogP contribution is 2.36. The summed E-state index contributed by atoms with van der Waals surface area (Å²) < 4.78 is 5.29. The van der Waals surface area contributed by atoms with Crippen molar-refractivity contribution in [2.75, 3.05) is 33.3 Å². The average molecular weight is 468 g/mol. The van der Waals surface area contributed by atoms with E-state index in [1.165, 1.54) is 0 Å². The molecule has 1 saturated carbocycles. The van der Waals surface area contributed by atoms with Crippen LogP contribution in [0.5, 0.6) is 5.75 Å². The Morgan fingerprint density at radius 3 is 2.88 bits per heavy atom. The summed E-state index contributed by atoms with van der Waals surface area (Å²) >= 11 is 0. The van der Waals surface area contributed by atoms with Crippen LogP contribution in [0.1, 0.15) is 55.4 Å². The number of aromatic amines is 1. The first-order valence-corrected chi connectivity index (χ1v) is 12.4. The van der Waals surface area contributed by atoms with Crippen molar-refractivity contribution in [3.05, 3.63) is 23.9 Å². The van der Waals surface area contributed by atoms with Crippen molar-refractivity contribution < 1.29 is 19.1 Å². The van der Waals surface area contributed by atoms with Crippen molar-refractivity contribution >= 4 is 28.6 Å². The molecule has 3 aliphatic rings. The summed E-state index contributed by atoms with van der Waals surface area (Å²) in [5.74, 6) is 1.66. The maximum absolute atomic E-state index is 13.0. The molecule has 9 heteroatoms. The molecule has 3 unspecified atom stereocenters. The molecule has 1 aromatic carbocycles. The number of nitrogens with zero attached hydrogens (tertiary/aromatic N) is 3. The average Bonchev–Trinajstić information content (AvgIpc) is 3.28. The summed E-state index contributed by atoms with van der Waals surface area (Å²) in [6.07, 6.45) is 6.22.